The van der Waals surface area contributed by atoms with Gasteiger partial charge in [0, 0.05) is 26.0 Å². The summed E-state index contributed by atoms with van der Waals surface area (Å²) in [7, 11) is -3.70. The summed E-state index contributed by atoms with van der Waals surface area (Å²) < 4.78 is 34.4. The zero-order valence-corrected chi connectivity index (χ0v) is 12.9. The summed E-state index contributed by atoms with van der Waals surface area (Å²) >= 11 is 6.00. The van der Waals surface area contributed by atoms with Gasteiger partial charge in [-0.1, -0.05) is 17.7 Å². The Morgan fingerprint density at radius 2 is 2.14 bits per heavy atom. The highest BCUT2D eigenvalue weighted by molar-refractivity contribution is 7.89. The van der Waals surface area contributed by atoms with Gasteiger partial charge in [-0.25, -0.2) is 18.1 Å². The first kappa shape index (κ1) is 14.8. The lowest BCUT2D eigenvalue weighted by molar-refractivity contribution is 0.0678. The first-order valence-corrected chi connectivity index (χ1v) is 8.64. The van der Waals surface area contributed by atoms with E-state index in [2.05, 4.69) is 9.71 Å². The summed E-state index contributed by atoms with van der Waals surface area (Å²) in [6, 6.07) is 5.23. The summed E-state index contributed by atoms with van der Waals surface area (Å²) in [4.78, 5) is 4.06. The molecule has 1 fully saturated rings. The van der Waals surface area contributed by atoms with Crippen molar-refractivity contribution in [2.75, 3.05) is 19.8 Å². The summed E-state index contributed by atoms with van der Waals surface area (Å²) in [5.41, 5.74) is 0.508. The Morgan fingerprint density at radius 3 is 2.90 bits per heavy atom. The molecule has 0 unspecified atom stereocenters. The van der Waals surface area contributed by atoms with E-state index in [1.54, 1.807) is 24.4 Å². The van der Waals surface area contributed by atoms with Gasteiger partial charge in [0.15, 0.2) is 10.2 Å². The summed E-state index contributed by atoms with van der Waals surface area (Å²) in [5, 5.41) is -0.0208. The molecule has 2 aromatic heterocycles. The molecular formula is C13H16ClN3O3S. The van der Waals surface area contributed by atoms with E-state index in [1.165, 1.54) is 4.40 Å². The molecule has 0 atom stereocenters. The van der Waals surface area contributed by atoms with Gasteiger partial charge in [0.25, 0.3) is 10.0 Å². The molecule has 0 aromatic carbocycles. The number of rotatable bonds is 4. The van der Waals surface area contributed by atoms with Crippen LogP contribution in [0.1, 0.15) is 12.8 Å². The molecule has 0 saturated carbocycles. The molecule has 3 rings (SSSR count). The molecule has 1 saturated heterocycles. The highest BCUT2D eigenvalue weighted by Gasteiger charge is 2.25. The van der Waals surface area contributed by atoms with Crippen LogP contribution in [0.3, 0.4) is 0 Å². The number of nitrogens with zero attached hydrogens (tertiary/aromatic N) is 2. The molecule has 0 radical (unpaired) electrons. The molecule has 0 bridgehead atoms. The first-order valence-electron chi connectivity index (χ1n) is 6.78. The highest BCUT2D eigenvalue weighted by atomic mass is 35.5. The van der Waals surface area contributed by atoms with E-state index in [1.807, 2.05) is 0 Å². The molecule has 1 aliphatic heterocycles. The van der Waals surface area contributed by atoms with Crippen LogP contribution in [0.15, 0.2) is 29.4 Å². The van der Waals surface area contributed by atoms with Crippen molar-refractivity contribution in [2.24, 2.45) is 5.92 Å². The van der Waals surface area contributed by atoms with Crippen LogP contribution in [0.4, 0.5) is 0 Å². The van der Waals surface area contributed by atoms with Crippen LogP contribution in [0, 0.1) is 5.92 Å². The van der Waals surface area contributed by atoms with Crippen LogP contribution < -0.4 is 4.72 Å². The van der Waals surface area contributed by atoms with E-state index in [0.29, 0.717) is 31.3 Å². The number of halogens is 1. The lowest BCUT2D eigenvalue weighted by atomic mass is 10.0. The Hall–Kier alpha value is -1.15. The number of imidazole rings is 1. The van der Waals surface area contributed by atoms with Gasteiger partial charge in [0.2, 0.25) is 0 Å². The minimum absolute atomic E-state index is 0.00757. The van der Waals surface area contributed by atoms with Gasteiger partial charge in [0.1, 0.15) is 5.65 Å². The van der Waals surface area contributed by atoms with E-state index in [4.69, 9.17) is 16.3 Å². The van der Waals surface area contributed by atoms with Crippen molar-refractivity contribution in [1.29, 1.82) is 0 Å². The predicted octanol–water partition coefficient (Wildman–Crippen LogP) is 1.69. The van der Waals surface area contributed by atoms with Crippen molar-refractivity contribution >= 4 is 27.3 Å². The standard InChI is InChI=1S/C13H16ClN3O3S/c14-12-13(17-6-2-1-3-11(17)16-12)21(18,19)15-9-10-4-7-20-8-5-10/h1-3,6,10,15H,4-5,7-9H2. The molecule has 114 valence electrons. The van der Waals surface area contributed by atoms with Crippen molar-refractivity contribution in [3.05, 3.63) is 29.5 Å². The van der Waals surface area contributed by atoms with Gasteiger partial charge < -0.3 is 4.74 Å². The van der Waals surface area contributed by atoms with Crippen LogP contribution in [0.5, 0.6) is 0 Å². The van der Waals surface area contributed by atoms with Crippen molar-refractivity contribution in [3.8, 4) is 0 Å². The maximum atomic E-state index is 12.5. The van der Waals surface area contributed by atoms with Crippen molar-refractivity contribution in [2.45, 2.75) is 17.9 Å². The number of aromatic nitrogens is 2. The van der Waals surface area contributed by atoms with E-state index >= 15 is 0 Å². The number of fused-ring (bicyclic) bond motifs is 1. The molecule has 8 heteroatoms. The molecule has 1 aliphatic rings. The first-order chi connectivity index (χ1) is 10.1. The molecular weight excluding hydrogens is 314 g/mol. The molecule has 0 spiro atoms. The Bertz CT molecular complexity index is 738. The molecule has 2 aromatic rings. The van der Waals surface area contributed by atoms with Gasteiger partial charge >= 0.3 is 0 Å². The Kier molecular flexibility index (Phi) is 4.17. The molecule has 6 nitrogen and oxygen atoms in total. The molecule has 3 heterocycles. The maximum absolute atomic E-state index is 12.5. The van der Waals surface area contributed by atoms with Crippen LogP contribution >= 0.6 is 11.6 Å². The summed E-state index contributed by atoms with van der Waals surface area (Å²) in [6.45, 7) is 1.76. The van der Waals surface area contributed by atoms with Crippen LogP contribution in [0.2, 0.25) is 5.15 Å². The predicted molar refractivity (Wildman–Crippen MR) is 78.9 cm³/mol. The summed E-state index contributed by atoms with van der Waals surface area (Å²) in [5.74, 6) is 0.298. The second-order valence-corrected chi connectivity index (χ2v) is 7.08. The Morgan fingerprint density at radius 1 is 1.38 bits per heavy atom. The minimum atomic E-state index is -3.70. The monoisotopic (exact) mass is 329 g/mol. The van der Waals surface area contributed by atoms with Crippen molar-refractivity contribution < 1.29 is 13.2 Å². The van der Waals surface area contributed by atoms with Crippen molar-refractivity contribution in [1.82, 2.24) is 14.1 Å². The highest BCUT2D eigenvalue weighted by Crippen LogP contribution is 2.23. The van der Waals surface area contributed by atoms with Gasteiger partial charge in [0.05, 0.1) is 0 Å². The summed E-state index contributed by atoms with van der Waals surface area (Å²) in [6.07, 6.45) is 3.37. The molecule has 21 heavy (non-hydrogen) atoms. The third kappa shape index (κ3) is 3.06. The van der Waals surface area contributed by atoms with Crippen LogP contribution in [0.25, 0.3) is 5.65 Å². The molecule has 0 aliphatic carbocycles. The SMILES string of the molecule is O=S(=O)(NCC1CCOCC1)c1c(Cl)nc2ccccn12. The average molecular weight is 330 g/mol. The van der Waals surface area contributed by atoms with Crippen LogP contribution in [-0.4, -0.2) is 37.6 Å². The van der Waals surface area contributed by atoms with E-state index in [9.17, 15) is 8.42 Å². The fraction of sp³-hybridized carbons (Fsp3) is 0.462. The Balaban J connectivity index is 1.84. The van der Waals surface area contributed by atoms with Crippen LogP contribution in [-0.2, 0) is 14.8 Å². The van der Waals surface area contributed by atoms with Gasteiger partial charge in [-0.2, -0.15) is 0 Å². The number of sulfonamides is 1. The number of ether oxygens (including phenoxy) is 1. The zero-order valence-electron chi connectivity index (χ0n) is 11.3. The van der Waals surface area contributed by atoms with E-state index in [0.717, 1.165) is 12.8 Å². The van der Waals surface area contributed by atoms with Gasteiger partial charge in [-0.05, 0) is 30.9 Å². The topological polar surface area (TPSA) is 72.7 Å². The third-order valence-corrected chi connectivity index (χ3v) is 5.43. The van der Waals surface area contributed by atoms with Crippen molar-refractivity contribution in [3.63, 3.8) is 0 Å². The fourth-order valence-electron chi connectivity index (χ4n) is 2.43. The quantitative estimate of drug-likeness (QED) is 0.926. The lowest BCUT2D eigenvalue weighted by Gasteiger charge is -2.22. The van der Waals surface area contributed by atoms with Gasteiger partial charge in [-0.3, -0.25) is 4.40 Å². The number of hydrogen-bond acceptors (Lipinski definition) is 4. The zero-order chi connectivity index (χ0) is 14.9. The number of pyridine rings is 1. The maximum Gasteiger partial charge on any atom is 0.259 e. The number of nitrogens with one attached hydrogen (secondary N) is 1. The van der Waals surface area contributed by atoms with E-state index in [-0.39, 0.29) is 10.2 Å². The average Bonchev–Trinajstić information content (AvgIpc) is 2.83. The number of hydrogen-bond donors (Lipinski definition) is 1. The second kappa shape index (κ2) is 5.92. The molecule has 1 N–H and O–H groups in total. The van der Waals surface area contributed by atoms with Gasteiger partial charge in [-0.15, -0.1) is 0 Å². The largest absolute Gasteiger partial charge is 0.381 e. The normalized spacial score (nSPS) is 17.4. The third-order valence-electron chi connectivity index (χ3n) is 3.60. The molecule has 0 amide bonds. The van der Waals surface area contributed by atoms with E-state index < -0.39 is 10.0 Å². The Labute approximate surface area is 128 Å². The smallest absolute Gasteiger partial charge is 0.259 e. The minimum Gasteiger partial charge on any atom is -0.381 e. The second-order valence-electron chi connectivity index (χ2n) is 5.04. The lowest BCUT2D eigenvalue weighted by Crippen LogP contribution is -2.32. The fourth-order valence-corrected chi connectivity index (χ4v) is 4.19.